The Morgan fingerprint density at radius 3 is 1.57 bits per heavy atom. The predicted molar refractivity (Wildman–Crippen MR) is 382 cm³/mol. The van der Waals surface area contributed by atoms with Crippen molar-refractivity contribution >= 4 is 0 Å². The van der Waals surface area contributed by atoms with Crippen LogP contribution in [0.3, 0.4) is 0 Å². The average molecular weight is 1330 g/mol. The van der Waals surface area contributed by atoms with Crippen molar-refractivity contribution in [1.82, 2.24) is 60.6 Å². The van der Waals surface area contributed by atoms with E-state index in [-0.39, 0.29) is 17.4 Å². The van der Waals surface area contributed by atoms with Gasteiger partial charge >= 0.3 is 0 Å². The highest BCUT2D eigenvalue weighted by Gasteiger charge is 2.25. The topological polar surface area (TPSA) is 164 Å². The van der Waals surface area contributed by atoms with Crippen molar-refractivity contribution in [1.29, 1.82) is 0 Å². The number of nitrogens with one attached hydrogen (secondary N) is 3. The van der Waals surface area contributed by atoms with Gasteiger partial charge in [-0.1, -0.05) is 61.5 Å². The molecule has 5 atom stereocenters. The summed E-state index contributed by atoms with van der Waals surface area (Å²) < 4.78 is 56.2. The van der Waals surface area contributed by atoms with Gasteiger partial charge in [0, 0.05) is 137 Å². The number of hydrogen-bond acceptors (Lipinski definition) is 14. The first-order chi connectivity index (χ1) is 47.5. The molecule has 0 saturated carbocycles. The highest BCUT2D eigenvalue weighted by molar-refractivity contribution is 5.62. The number of aryl methyl sites for hydroxylation is 6. The van der Waals surface area contributed by atoms with Gasteiger partial charge in [-0.2, -0.15) is 0 Å². The van der Waals surface area contributed by atoms with Crippen molar-refractivity contribution in [3.63, 3.8) is 0 Å². The van der Waals surface area contributed by atoms with Crippen LogP contribution in [0.5, 0.6) is 11.5 Å². The van der Waals surface area contributed by atoms with Gasteiger partial charge in [-0.05, 0) is 223 Å². The Hall–Kier alpha value is -8.36. The minimum atomic E-state index is -0.580. The maximum Gasteiger partial charge on any atom is 0.132 e. The van der Waals surface area contributed by atoms with E-state index >= 15 is 0 Å². The fraction of sp³-hybridized carbons (Fsp3) is 0.400. The molecule has 9 aromatic rings. The third-order valence-corrected chi connectivity index (χ3v) is 18.6. The number of phenolic OH excluding ortho intramolecular Hbond substituents is 2. The number of aromatic nitrogens is 6. The highest BCUT2D eigenvalue weighted by atomic mass is 19.1. The number of aromatic hydroxyl groups is 2. The van der Waals surface area contributed by atoms with Crippen LogP contribution >= 0.6 is 0 Å². The number of nitrogens with zero attached hydrogens (tertiary/aromatic N) is 9. The quantitative estimate of drug-likeness (QED) is 0.0363. The number of rotatable bonds is 24. The molecule has 3 aromatic heterocycles. The molecule has 5 N–H and O–H groups in total. The number of piperidine rings is 1. The molecule has 3 saturated heterocycles. The van der Waals surface area contributed by atoms with E-state index in [9.17, 15) is 27.8 Å². The van der Waals surface area contributed by atoms with Crippen molar-refractivity contribution in [2.24, 2.45) is 5.92 Å². The van der Waals surface area contributed by atoms with Gasteiger partial charge in [-0.25, -0.2) is 47.5 Å². The van der Waals surface area contributed by atoms with Gasteiger partial charge in [0.2, 0.25) is 0 Å². The van der Waals surface area contributed by atoms with Crippen molar-refractivity contribution in [3.05, 3.63) is 238 Å². The van der Waals surface area contributed by atoms with E-state index in [0.29, 0.717) is 101 Å². The molecule has 0 radical (unpaired) electrons. The third-order valence-electron chi connectivity index (χ3n) is 18.6. The van der Waals surface area contributed by atoms with Crippen molar-refractivity contribution in [3.8, 4) is 45.3 Å². The lowest BCUT2D eigenvalue weighted by molar-refractivity contribution is 0.139. The van der Waals surface area contributed by atoms with Crippen LogP contribution in [0.1, 0.15) is 118 Å². The zero-order valence-electron chi connectivity index (χ0n) is 57.5. The average Bonchev–Trinajstić information content (AvgIpc) is 1.25. The lowest BCUT2D eigenvalue weighted by Crippen LogP contribution is -2.53. The Labute approximate surface area is 576 Å². The molecule has 0 spiro atoms. The molecule has 3 aliphatic heterocycles. The van der Waals surface area contributed by atoms with Crippen LogP contribution < -0.4 is 16.0 Å². The Morgan fingerprint density at radius 2 is 1.00 bits per heavy atom. The molecule has 0 bridgehead atoms. The van der Waals surface area contributed by atoms with Crippen LogP contribution in [-0.4, -0.2) is 131 Å². The van der Waals surface area contributed by atoms with Gasteiger partial charge in [0.15, 0.2) is 0 Å². The molecule has 12 rings (SSSR count). The lowest BCUT2D eigenvalue weighted by Gasteiger charge is -2.37. The Balaban J connectivity index is 0.000000159. The van der Waals surface area contributed by atoms with E-state index in [0.717, 1.165) is 144 Å². The molecule has 18 heteroatoms. The number of benzene rings is 6. The van der Waals surface area contributed by atoms with Crippen LogP contribution in [0.25, 0.3) is 33.8 Å². The number of phenols is 2. The van der Waals surface area contributed by atoms with Crippen LogP contribution in [0.2, 0.25) is 0 Å². The van der Waals surface area contributed by atoms with Gasteiger partial charge < -0.3 is 26.2 Å². The Bertz CT molecular complexity index is 3950. The Morgan fingerprint density at radius 1 is 0.490 bits per heavy atom. The number of hydrogen-bond donors (Lipinski definition) is 5. The standard InChI is InChI=1S/C28H35FN4O.C26H29F3N4.C26H32N4O/c1-2-33(20-23-8-5-14-30-18-23)19-22-11-12-26(29)25(17-22)27-13-15-31-28(32-27)10-4-7-21-6-3-9-24(34)16-21;1-17-15-33(18(2)14-31-17)16-20-6-7-24(29)23(12-20)25-8-9-30-26(32-25)5-3-4-19-10-21(27)13-22(28)11-19;1-19-17-30(20(2)16-28-19)18-22-6-3-7-23(15-22)25-13-14-27-26(29-25)8-4-5-21-9-11-24(31)12-10-21/h3,6,9,11-13,15-17,23,30,34H,2,4-5,7-8,10,14,18-20H2,1H3;6-13,17-18,31H,3-5,14-16H2,1-2H3;3,6-7,9-15,19-20,28,31H,4-5,8,16-18H2,1-2H3/t23-;17-,18-;19-,20+/m000/s1. The maximum absolute atomic E-state index is 14.8. The van der Waals surface area contributed by atoms with E-state index < -0.39 is 11.6 Å². The smallest absolute Gasteiger partial charge is 0.132 e. The lowest BCUT2D eigenvalue weighted by atomic mass is 9.98. The van der Waals surface area contributed by atoms with Gasteiger partial charge in [0.1, 0.15) is 52.2 Å². The zero-order chi connectivity index (χ0) is 68.8. The number of halogens is 4. The first-order valence-electron chi connectivity index (χ1n) is 35.1. The molecule has 516 valence electrons. The van der Waals surface area contributed by atoms with Crippen LogP contribution in [0.15, 0.2) is 164 Å². The molecular formula is C80H96F4N12O2. The largest absolute Gasteiger partial charge is 0.508 e. The van der Waals surface area contributed by atoms with E-state index in [2.05, 4.69) is 114 Å². The monoisotopic (exact) mass is 1330 g/mol. The second-order valence-corrected chi connectivity index (χ2v) is 26.8. The second kappa shape index (κ2) is 36.5. The molecule has 0 unspecified atom stereocenters. The first-order valence-corrected chi connectivity index (χ1v) is 35.1. The van der Waals surface area contributed by atoms with E-state index in [1.54, 1.807) is 54.9 Å². The summed E-state index contributed by atoms with van der Waals surface area (Å²) in [4.78, 5) is 34.6. The molecule has 0 amide bonds. The highest BCUT2D eigenvalue weighted by Crippen LogP contribution is 2.28. The molecule has 3 aliphatic rings. The predicted octanol–water partition coefficient (Wildman–Crippen LogP) is 14.1. The minimum absolute atomic E-state index is 0.257. The second-order valence-electron chi connectivity index (χ2n) is 26.8. The van der Waals surface area contributed by atoms with Gasteiger partial charge in [-0.15, -0.1) is 0 Å². The molecule has 6 aromatic carbocycles. The normalized spacial score (nSPS) is 18.2. The molecule has 98 heavy (non-hydrogen) atoms. The summed E-state index contributed by atoms with van der Waals surface area (Å²) in [5, 5.41) is 29.6. The van der Waals surface area contributed by atoms with Crippen molar-refractivity contribution in [2.45, 2.75) is 149 Å². The summed E-state index contributed by atoms with van der Waals surface area (Å²) >= 11 is 0. The van der Waals surface area contributed by atoms with Gasteiger partial charge in [-0.3, -0.25) is 14.7 Å². The first kappa shape index (κ1) is 72.4. The summed E-state index contributed by atoms with van der Waals surface area (Å²) in [5.74, 6) is 1.70. The fourth-order valence-electron chi connectivity index (χ4n) is 13.2. The van der Waals surface area contributed by atoms with Crippen LogP contribution in [0, 0.1) is 29.2 Å². The van der Waals surface area contributed by atoms with E-state index in [4.69, 9.17) is 4.98 Å². The summed E-state index contributed by atoms with van der Waals surface area (Å²) in [6.45, 7) is 21.9. The zero-order valence-corrected chi connectivity index (χ0v) is 57.5. The molecule has 14 nitrogen and oxygen atoms in total. The maximum atomic E-state index is 14.8. The van der Waals surface area contributed by atoms with E-state index in [1.807, 2.05) is 60.8 Å². The summed E-state index contributed by atoms with van der Waals surface area (Å²) in [7, 11) is 0. The summed E-state index contributed by atoms with van der Waals surface area (Å²) in [6.07, 6.45) is 14.5. The van der Waals surface area contributed by atoms with Crippen molar-refractivity contribution < 1.29 is 27.8 Å². The van der Waals surface area contributed by atoms with Gasteiger partial charge in [0.05, 0.1) is 17.1 Å². The molecule has 0 aliphatic carbocycles. The van der Waals surface area contributed by atoms with Gasteiger partial charge in [0.25, 0.3) is 0 Å². The van der Waals surface area contributed by atoms with Crippen LogP contribution in [-0.2, 0) is 58.2 Å². The number of piperazine rings is 2. The Kier molecular flexibility index (Phi) is 26.9. The molecular weight excluding hydrogens is 1240 g/mol. The summed E-state index contributed by atoms with van der Waals surface area (Å²) in [6, 6.07) is 45.0. The summed E-state index contributed by atoms with van der Waals surface area (Å²) in [5.41, 5.74) is 10.7. The SMILES string of the molecule is CCN(Cc1ccc(F)c(-c2ccnc(CCCc3cccc(O)c3)n2)c1)C[C@H]1CCCNC1.C[C@@H]1CN[C@@H](C)CN1Cc1cccc(-c2ccnc(CCCc3ccc(O)cc3)n2)c1.C[C@H]1CN(Cc2ccc(F)c(-c3ccnc(CCCc4cc(F)cc(F)c4)n3)c2)[C@@H](C)CN1. The third kappa shape index (κ3) is 22.3. The fourth-order valence-corrected chi connectivity index (χ4v) is 13.2. The van der Waals surface area contributed by atoms with Crippen LogP contribution in [0.4, 0.5) is 17.6 Å². The van der Waals surface area contributed by atoms with E-state index in [1.165, 1.54) is 42.2 Å². The molecule has 3 fully saturated rings. The van der Waals surface area contributed by atoms with Crippen molar-refractivity contribution in [2.75, 3.05) is 52.4 Å². The molecule has 6 heterocycles. The minimum Gasteiger partial charge on any atom is -0.508 e.